The zero-order valence-electron chi connectivity index (χ0n) is 11.9. The maximum atomic E-state index is 5.65. The number of hydrogen-bond donors (Lipinski definition) is 2. The van der Waals surface area contributed by atoms with Gasteiger partial charge in [0.2, 0.25) is 0 Å². The summed E-state index contributed by atoms with van der Waals surface area (Å²) >= 11 is 3.46. The number of nitrogens with two attached hydrogens (primary N) is 1. The van der Waals surface area contributed by atoms with Gasteiger partial charge in [-0.1, -0.05) is 51.9 Å². The quantitative estimate of drug-likeness (QED) is 0.596. The van der Waals surface area contributed by atoms with Gasteiger partial charge < -0.3 is 11.1 Å². The molecule has 3 nitrogen and oxygen atoms in total. The Morgan fingerprint density at radius 3 is 2.37 bits per heavy atom. The zero-order valence-corrected chi connectivity index (χ0v) is 13.5. The maximum Gasteiger partial charge on any atom is 0.140 e. The van der Waals surface area contributed by atoms with Crippen molar-refractivity contribution < 1.29 is 0 Å². The Labute approximate surface area is 125 Å². The van der Waals surface area contributed by atoms with Crippen LogP contribution < -0.4 is 11.1 Å². The van der Waals surface area contributed by atoms with Gasteiger partial charge in [-0.3, -0.25) is 0 Å². The summed E-state index contributed by atoms with van der Waals surface area (Å²) in [5.74, 6) is 0.886. The topological polar surface area (TPSA) is 50.9 Å². The number of nitrogens with zero attached hydrogens (tertiary/aromatic N) is 1. The lowest BCUT2D eigenvalue weighted by Crippen LogP contribution is -2.04. The molecule has 0 aliphatic heterocycles. The number of hydrogen-bond acceptors (Lipinski definition) is 3. The molecule has 108 valence electrons. The van der Waals surface area contributed by atoms with E-state index in [1.807, 2.05) is 6.07 Å². The molecule has 4 heteroatoms. The van der Waals surface area contributed by atoms with Crippen molar-refractivity contribution >= 4 is 27.4 Å². The molecule has 3 N–H and O–H groups in total. The third-order valence-electron chi connectivity index (χ3n) is 3.19. The van der Waals surface area contributed by atoms with Gasteiger partial charge in [0.15, 0.2) is 0 Å². The van der Waals surface area contributed by atoms with Gasteiger partial charge in [-0.25, -0.2) is 4.98 Å². The summed E-state index contributed by atoms with van der Waals surface area (Å²) in [5.41, 5.74) is 6.34. The van der Waals surface area contributed by atoms with Gasteiger partial charge in [-0.05, 0) is 28.4 Å². The average Bonchev–Trinajstić information content (AvgIpc) is 2.39. The fraction of sp³-hybridized carbons (Fsp3) is 0.667. The van der Waals surface area contributed by atoms with Gasteiger partial charge in [-0.2, -0.15) is 0 Å². The van der Waals surface area contributed by atoms with E-state index in [2.05, 4.69) is 33.2 Å². The van der Waals surface area contributed by atoms with Crippen molar-refractivity contribution in [2.45, 2.75) is 58.3 Å². The van der Waals surface area contributed by atoms with Crippen molar-refractivity contribution in [3.8, 4) is 0 Å². The standard InChI is InChI=1S/C15H26BrN3/c1-2-3-4-5-6-7-8-9-10-18-15-14(16)11-13(17)12-19-15/h11-12H,2-10,17H2,1H3,(H,18,19). The summed E-state index contributed by atoms with van der Waals surface area (Å²) in [6, 6.07) is 1.88. The molecule has 0 radical (unpaired) electrons. The Kier molecular flexibility index (Phi) is 8.63. The molecule has 1 heterocycles. The number of aromatic nitrogens is 1. The zero-order chi connectivity index (χ0) is 13.9. The summed E-state index contributed by atoms with van der Waals surface area (Å²) in [5, 5.41) is 3.34. The molecule has 0 fully saturated rings. The first-order valence-corrected chi connectivity index (χ1v) is 8.18. The van der Waals surface area contributed by atoms with E-state index in [1.165, 1.54) is 51.4 Å². The molecular weight excluding hydrogens is 302 g/mol. The Morgan fingerprint density at radius 2 is 1.74 bits per heavy atom. The van der Waals surface area contributed by atoms with Gasteiger partial charge in [0.1, 0.15) is 5.82 Å². The molecule has 0 aliphatic carbocycles. The van der Waals surface area contributed by atoms with Crippen LogP contribution >= 0.6 is 15.9 Å². The Balaban J connectivity index is 2.01. The number of anilines is 2. The molecule has 1 aromatic rings. The number of nitrogens with one attached hydrogen (secondary N) is 1. The predicted molar refractivity (Wildman–Crippen MR) is 87.4 cm³/mol. The van der Waals surface area contributed by atoms with E-state index in [-0.39, 0.29) is 0 Å². The van der Waals surface area contributed by atoms with Crippen LogP contribution in [-0.2, 0) is 0 Å². The molecule has 1 aromatic heterocycles. The summed E-state index contributed by atoms with van der Waals surface area (Å²) in [7, 11) is 0. The molecule has 0 aliphatic rings. The monoisotopic (exact) mass is 327 g/mol. The van der Waals surface area contributed by atoms with Crippen molar-refractivity contribution in [3.63, 3.8) is 0 Å². The second-order valence-electron chi connectivity index (χ2n) is 5.00. The number of nitrogen functional groups attached to an aromatic ring is 1. The van der Waals surface area contributed by atoms with Crippen LogP contribution in [0.1, 0.15) is 58.3 Å². The molecule has 0 atom stereocenters. The van der Waals surface area contributed by atoms with Gasteiger partial charge in [0.25, 0.3) is 0 Å². The number of unbranched alkanes of at least 4 members (excludes halogenated alkanes) is 7. The average molecular weight is 328 g/mol. The van der Waals surface area contributed by atoms with Gasteiger partial charge in [0.05, 0.1) is 16.4 Å². The third kappa shape index (κ3) is 7.41. The molecule has 0 bridgehead atoms. The van der Waals surface area contributed by atoms with Crippen molar-refractivity contribution in [2.75, 3.05) is 17.6 Å². The first kappa shape index (κ1) is 16.3. The van der Waals surface area contributed by atoms with E-state index in [1.54, 1.807) is 6.20 Å². The van der Waals surface area contributed by atoms with E-state index >= 15 is 0 Å². The van der Waals surface area contributed by atoms with E-state index in [0.717, 1.165) is 16.8 Å². The molecule has 1 rings (SSSR count). The molecule has 0 saturated carbocycles. The van der Waals surface area contributed by atoms with Crippen LogP contribution in [0.3, 0.4) is 0 Å². The second-order valence-corrected chi connectivity index (χ2v) is 5.86. The van der Waals surface area contributed by atoms with E-state index in [0.29, 0.717) is 5.69 Å². The van der Waals surface area contributed by atoms with Crippen molar-refractivity contribution in [1.29, 1.82) is 0 Å². The van der Waals surface area contributed by atoms with Gasteiger partial charge in [-0.15, -0.1) is 0 Å². The third-order valence-corrected chi connectivity index (χ3v) is 3.79. The van der Waals surface area contributed by atoms with Crippen LogP contribution in [0.25, 0.3) is 0 Å². The highest BCUT2D eigenvalue weighted by Gasteiger charge is 2.00. The number of rotatable bonds is 10. The highest BCUT2D eigenvalue weighted by Crippen LogP contribution is 2.21. The predicted octanol–water partition coefficient (Wildman–Crippen LogP) is 4.98. The van der Waals surface area contributed by atoms with Crippen molar-refractivity contribution in [2.24, 2.45) is 0 Å². The lowest BCUT2D eigenvalue weighted by Gasteiger charge is -2.07. The molecule has 0 spiro atoms. The fourth-order valence-electron chi connectivity index (χ4n) is 2.05. The lowest BCUT2D eigenvalue weighted by molar-refractivity contribution is 0.581. The Bertz CT molecular complexity index is 355. The Hall–Kier alpha value is -0.770. The highest BCUT2D eigenvalue weighted by atomic mass is 79.9. The van der Waals surface area contributed by atoms with Crippen LogP contribution in [0, 0.1) is 0 Å². The van der Waals surface area contributed by atoms with Gasteiger partial charge in [0, 0.05) is 6.54 Å². The number of halogens is 1. The summed E-state index contributed by atoms with van der Waals surface area (Å²) in [6.45, 7) is 3.24. The normalized spacial score (nSPS) is 10.6. The fourth-order valence-corrected chi connectivity index (χ4v) is 2.56. The molecule has 0 unspecified atom stereocenters. The summed E-state index contributed by atoms with van der Waals surface area (Å²) < 4.78 is 0.937. The first-order valence-electron chi connectivity index (χ1n) is 7.39. The summed E-state index contributed by atoms with van der Waals surface area (Å²) in [4.78, 5) is 4.26. The van der Waals surface area contributed by atoms with Crippen LogP contribution in [0.4, 0.5) is 11.5 Å². The van der Waals surface area contributed by atoms with E-state index in [9.17, 15) is 0 Å². The van der Waals surface area contributed by atoms with Gasteiger partial charge >= 0.3 is 0 Å². The van der Waals surface area contributed by atoms with Crippen molar-refractivity contribution in [1.82, 2.24) is 4.98 Å². The lowest BCUT2D eigenvalue weighted by atomic mass is 10.1. The second kappa shape index (κ2) is 10.1. The molecular formula is C15H26BrN3. The largest absolute Gasteiger partial charge is 0.397 e. The highest BCUT2D eigenvalue weighted by molar-refractivity contribution is 9.10. The van der Waals surface area contributed by atoms with Crippen LogP contribution in [0.15, 0.2) is 16.7 Å². The van der Waals surface area contributed by atoms with Crippen LogP contribution in [0.2, 0.25) is 0 Å². The summed E-state index contributed by atoms with van der Waals surface area (Å²) in [6.07, 6.45) is 12.4. The first-order chi connectivity index (χ1) is 9.24. The number of pyridine rings is 1. The van der Waals surface area contributed by atoms with E-state index < -0.39 is 0 Å². The minimum absolute atomic E-state index is 0.685. The molecule has 0 saturated heterocycles. The Morgan fingerprint density at radius 1 is 1.11 bits per heavy atom. The maximum absolute atomic E-state index is 5.65. The minimum atomic E-state index is 0.685. The molecule has 0 aromatic carbocycles. The minimum Gasteiger partial charge on any atom is -0.397 e. The van der Waals surface area contributed by atoms with Crippen LogP contribution in [0.5, 0.6) is 0 Å². The SMILES string of the molecule is CCCCCCCCCCNc1ncc(N)cc1Br. The van der Waals surface area contributed by atoms with Crippen LogP contribution in [-0.4, -0.2) is 11.5 Å². The smallest absolute Gasteiger partial charge is 0.140 e. The van der Waals surface area contributed by atoms with Crippen molar-refractivity contribution in [3.05, 3.63) is 16.7 Å². The molecule has 19 heavy (non-hydrogen) atoms. The van der Waals surface area contributed by atoms with E-state index in [4.69, 9.17) is 5.73 Å². The molecule has 0 amide bonds.